The Kier molecular flexibility index (Phi) is 14.2. The number of thiophene rings is 2. The lowest BCUT2D eigenvalue weighted by Crippen LogP contribution is -2.41. The van der Waals surface area contributed by atoms with Crippen LogP contribution >= 0.6 is 35.1 Å². The summed E-state index contributed by atoms with van der Waals surface area (Å²) in [4.78, 5) is 13.7. The van der Waals surface area contributed by atoms with Crippen LogP contribution in [0.25, 0.3) is 22.3 Å². The number of nitrogens with zero attached hydrogens (tertiary/aromatic N) is 1. The summed E-state index contributed by atoms with van der Waals surface area (Å²) in [6.45, 7) is 7.35. The summed E-state index contributed by atoms with van der Waals surface area (Å²) in [5.41, 5.74) is 2.17. The van der Waals surface area contributed by atoms with E-state index in [9.17, 15) is 31.1 Å². The standard InChI is InChI=1S/C25H24F3NO4S.C20H16F3NO2S.ClH/c1-24(2,3)33-23(30)29-11-12-31-21-13-17(9-10-20(21)29)32-15-18-14-19(16-7-5-4-6-8-16)22(34-18)25(26,27)28;21-20(22,23)19-16(13-4-2-1-3-5-13)11-15(27-19)12-26-14-6-7-17-18(10-14)25-9-8-24-17;/h4-10,13-14H,11-12,15H2,1-3H3;1-7,10-11,24H,8-9,12H2;1H. The minimum Gasteiger partial charge on any atom is -0.489 e. The number of fused-ring (bicyclic) bond motifs is 2. The molecule has 0 spiro atoms. The fourth-order valence-corrected chi connectivity index (χ4v) is 8.34. The quantitative estimate of drug-likeness (QED) is 0.152. The first-order valence-corrected chi connectivity index (χ1v) is 20.7. The van der Waals surface area contributed by atoms with Crippen LogP contribution in [0.5, 0.6) is 23.0 Å². The fraction of sp³-hybridized carbons (Fsp3) is 0.267. The first-order valence-electron chi connectivity index (χ1n) is 19.1. The van der Waals surface area contributed by atoms with Crippen LogP contribution in [0.1, 0.15) is 40.3 Å². The molecule has 0 atom stereocenters. The summed E-state index contributed by atoms with van der Waals surface area (Å²) in [5.74, 6) is 2.11. The highest BCUT2D eigenvalue weighted by atomic mass is 35.5. The zero-order chi connectivity index (χ0) is 43.4. The van der Waals surface area contributed by atoms with Gasteiger partial charge in [0.05, 0.1) is 17.9 Å². The molecule has 0 bridgehead atoms. The third-order valence-corrected chi connectivity index (χ3v) is 11.4. The maximum absolute atomic E-state index is 13.6. The number of nitrogens with one attached hydrogen (secondary N) is 1. The summed E-state index contributed by atoms with van der Waals surface area (Å²) in [6.07, 6.45) is -9.34. The third kappa shape index (κ3) is 11.5. The number of ether oxygens (including phenoxy) is 5. The normalized spacial score (nSPS) is 13.4. The number of hydrogen-bond acceptors (Lipinski definition) is 9. The van der Waals surface area contributed by atoms with Gasteiger partial charge in [-0.2, -0.15) is 26.3 Å². The number of benzene rings is 4. The van der Waals surface area contributed by atoms with Gasteiger partial charge in [0.25, 0.3) is 0 Å². The largest absolute Gasteiger partial charge is 0.489 e. The molecule has 0 fully saturated rings. The van der Waals surface area contributed by atoms with Crippen LogP contribution in [0.4, 0.5) is 42.5 Å². The number of hydrogen-bond donors (Lipinski definition) is 1. The van der Waals surface area contributed by atoms with Gasteiger partial charge in [-0.25, -0.2) is 4.79 Å². The molecule has 0 radical (unpaired) electrons. The van der Waals surface area contributed by atoms with E-state index in [4.69, 9.17) is 23.7 Å². The van der Waals surface area contributed by atoms with Gasteiger partial charge in [0.1, 0.15) is 64.8 Å². The second-order valence-electron chi connectivity index (χ2n) is 14.8. The number of alkyl halides is 6. The first-order chi connectivity index (χ1) is 29.0. The summed E-state index contributed by atoms with van der Waals surface area (Å²) < 4.78 is 109. The molecule has 17 heteroatoms. The Balaban J connectivity index is 0.000000209. The van der Waals surface area contributed by atoms with Crippen LogP contribution in [-0.2, 0) is 30.3 Å². The zero-order valence-corrected chi connectivity index (χ0v) is 36.0. The van der Waals surface area contributed by atoms with Crippen LogP contribution < -0.4 is 29.2 Å². The van der Waals surface area contributed by atoms with Crippen LogP contribution in [0, 0.1) is 0 Å². The summed E-state index contributed by atoms with van der Waals surface area (Å²) in [7, 11) is 0. The molecule has 8 nitrogen and oxygen atoms in total. The minimum absolute atomic E-state index is 0. The Morgan fingerprint density at radius 3 is 1.69 bits per heavy atom. The molecule has 2 aliphatic heterocycles. The molecule has 2 aliphatic rings. The van der Waals surface area contributed by atoms with Crippen LogP contribution in [0.2, 0.25) is 0 Å². The van der Waals surface area contributed by atoms with E-state index in [1.165, 1.54) is 11.0 Å². The molecule has 62 heavy (non-hydrogen) atoms. The fourth-order valence-electron chi connectivity index (χ4n) is 6.42. The molecule has 1 N–H and O–H groups in total. The van der Waals surface area contributed by atoms with E-state index in [1.54, 1.807) is 118 Å². The number of rotatable bonds is 8. The van der Waals surface area contributed by atoms with E-state index < -0.39 is 33.8 Å². The van der Waals surface area contributed by atoms with E-state index in [-0.39, 0.29) is 43.4 Å². The summed E-state index contributed by atoms with van der Waals surface area (Å²) in [5, 5.41) is 3.21. The molecular weight excluding hydrogens is 878 g/mol. The van der Waals surface area contributed by atoms with Crippen LogP contribution in [0.15, 0.2) is 109 Å². The molecule has 6 aromatic rings. The minimum atomic E-state index is -4.46. The van der Waals surface area contributed by atoms with Gasteiger partial charge in [0, 0.05) is 39.6 Å². The highest BCUT2D eigenvalue weighted by Crippen LogP contribution is 2.45. The molecule has 8 rings (SSSR count). The van der Waals surface area contributed by atoms with Gasteiger partial charge in [-0.3, -0.25) is 4.90 Å². The molecule has 1 amide bonds. The second-order valence-corrected chi connectivity index (χ2v) is 17.0. The number of carbonyl (C=O) groups excluding carboxylic acids is 1. The molecule has 328 valence electrons. The van der Waals surface area contributed by atoms with Crippen molar-refractivity contribution in [1.82, 2.24) is 0 Å². The first kappa shape index (κ1) is 45.9. The van der Waals surface area contributed by atoms with Gasteiger partial charge >= 0.3 is 18.4 Å². The Morgan fingerprint density at radius 2 is 1.18 bits per heavy atom. The van der Waals surface area contributed by atoms with Crippen molar-refractivity contribution in [1.29, 1.82) is 0 Å². The molecule has 4 heterocycles. The Hall–Kier alpha value is -5.58. The lowest BCUT2D eigenvalue weighted by Gasteiger charge is -2.31. The van der Waals surface area contributed by atoms with Gasteiger partial charge in [0.15, 0.2) is 0 Å². The average molecular weight is 919 g/mol. The number of anilines is 2. The van der Waals surface area contributed by atoms with Crippen molar-refractivity contribution in [2.45, 2.75) is 51.9 Å². The van der Waals surface area contributed by atoms with Crippen molar-refractivity contribution in [2.75, 3.05) is 36.5 Å². The average Bonchev–Trinajstić information content (AvgIpc) is 3.88. The lowest BCUT2D eigenvalue weighted by atomic mass is 10.1. The summed E-state index contributed by atoms with van der Waals surface area (Å²) >= 11 is 1.38. The Morgan fingerprint density at radius 1 is 0.677 bits per heavy atom. The molecule has 0 unspecified atom stereocenters. The van der Waals surface area contributed by atoms with Crippen molar-refractivity contribution in [2.24, 2.45) is 0 Å². The third-order valence-electron chi connectivity index (χ3n) is 9.05. The van der Waals surface area contributed by atoms with E-state index in [1.807, 2.05) is 6.07 Å². The van der Waals surface area contributed by atoms with E-state index >= 15 is 0 Å². The predicted molar refractivity (Wildman–Crippen MR) is 231 cm³/mol. The van der Waals surface area contributed by atoms with Crippen molar-refractivity contribution < 1.29 is 54.8 Å². The predicted octanol–water partition coefficient (Wildman–Crippen LogP) is 13.4. The molecule has 4 aromatic carbocycles. The van der Waals surface area contributed by atoms with Gasteiger partial charge < -0.3 is 29.0 Å². The van der Waals surface area contributed by atoms with Gasteiger partial charge in [-0.1, -0.05) is 60.7 Å². The topological polar surface area (TPSA) is 78.5 Å². The second kappa shape index (κ2) is 19.2. The van der Waals surface area contributed by atoms with Crippen molar-refractivity contribution in [3.05, 3.63) is 129 Å². The van der Waals surface area contributed by atoms with Crippen LogP contribution in [0.3, 0.4) is 0 Å². The maximum Gasteiger partial charge on any atom is 0.426 e. The molecule has 0 aliphatic carbocycles. The van der Waals surface area contributed by atoms with Gasteiger partial charge in [-0.15, -0.1) is 35.1 Å². The molecule has 2 aromatic heterocycles. The zero-order valence-electron chi connectivity index (χ0n) is 33.5. The van der Waals surface area contributed by atoms with Crippen LogP contribution in [-0.4, -0.2) is 38.0 Å². The molecule has 0 saturated heterocycles. The van der Waals surface area contributed by atoms with E-state index in [2.05, 4.69) is 5.32 Å². The summed E-state index contributed by atoms with van der Waals surface area (Å²) in [6, 6.07) is 30.5. The number of halogens is 7. The van der Waals surface area contributed by atoms with Crippen molar-refractivity contribution in [3.8, 4) is 45.3 Å². The Labute approximate surface area is 368 Å². The molecular formula is C45H41ClF6N2O6S2. The van der Waals surface area contributed by atoms with Gasteiger partial charge in [-0.05, 0) is 68.3 Å². The maximum atomic E-state index is 13.6. The smallest absolute Gasteiger partial charge is 0.426 e. The number of amides is 1. The monoisotopic (exact) mass is 918 g/mol. The lowest BCUT2D eigenvalue weighted by molar-refractivity contribution is -0.134. The number of carbonyl (C=O) groups is 1. The van der Waals surface area contributed by atoms with Crippen molar-refractivity contribution >= 4 is 52.5 Å². The highest BCUT2D eigenvalue weighted by molar-refractivity contribution is 7.13. The Bertz CT molecular complexity index is 2450. The van der Waals surface area contributed by atoms with Crippen molar-refractivity contribution in [3.63, 3.8) is 0 Å². The SMILES string of the molecule is CC(C)(C)OC(=O)N1CCOc2cc(OCc3cc(-c4ccccc4)c(C(F)(F)F)s3)ccc21.Cl.FC(F)(F)c1sc(COc2ccc3c(c2)OCCN3)cc1-c1ccccc1. The molecule has 0 saturated carbocycles. The van der Waals surface area contributed by atoms with Gasteiger partial charge in [0.2, 0.25) is 0 Å². The highest BCUT2D eigenvalue weighted by Gasteiger charge is 2.37. The van der Waals surface area contributed by atoms with E-state index in [0.717, 1.165) is 12.2 Å². The van der Waals surface area contributed by atoms with E-state index in [0.29, 0.717) is 85.4 Å².